The summed E-state index contributed by atoms with van der Waals surface area (Å²) < 4.78 is 48.7. The molecule has 0 aliphatic heterocycles. The van der Waals surface area contributed by atoms with E-state index in [-0.39, 0.29) is 5.56 Å². The molecule has 2 rings (SSSR count). The van der Waals surface area contributed by atoms with Crippen molar-refractivity contribution < 1.29 is 32.2 Å². The highest BCUT2D eigenvalue weighted by molar-refractivity contribution is 7.98. The quantitative estimate of drug-likeness (QED) is 0.397. The summed E-state index contributed by atoms with van der Waals surface area (Å²) in [5.41, 5.74) is 2.03. The second-order valence-corrected chi connectivity index (χ2v) is 7.68. The van der Waals surface area contributed by atoms with Crippen LogP contribution in [0.5, 0.6) is 11.5 Å². The van der Waals surface area contributed by atoms with E-state index in [0.29, 0.717) is 29.2 Å². The largest absolute Gasteiger partial charge is 0.496 e. The van der Waals surface area contributed by atoms with E-state index in [2.05, 4.69) is 15.8 Å². The Bertz CT molecular complexity index is 960. The maximum absolute atomic E-state index is 12.7. The number of halogens is 3. The van der Waals surface area contributed by atoms with Crippen LogP contribution in [0.15, 0.2) is 47.6 Å². The fourth-order valence-corrected chi connectivity index (χ4v) is 3.27. The van der Waals surface area contributed by atoms with Crippen LogP contribution in [0.4, 0.5) is 13.2 Å². The number of benzene rings is 2. The number of ether oxygens (including phenoxy) is 2. The van der Waals surface area contributed by atoms with Gasteiger partial charge in [-0.25, -0.2) is 5.43 Å². The molecule has 0 fully saturated rings. The first-order valence-electron chi connectivity index (χ1n) is 9.72. The van der Waals surface area contributed by atoms with Gasteiger partial charge in [0.1, 0.15) is 17.5 Å². The Morgan fingerprint density at radius 2 is 1.70 bits per heavy atom. The summed E-state index contributed by atoms with van der Waals surface area (Å²) in [6.07, 6.45) is -0.998. The van der Waals surface area contributed by atoms with E-state index in [0.717, 1.165) is 24.3 Å². The number of rotatable bonds is 10. The van der Waals surface area contributed by atoms with Crippen LogP contribution in [-0.4, -0.2) is 50.3 Å². The van der Waals surface area contributed by atoms with Gasteiger partial charge in [-0.3, -0.25) is 9.59 Å². The topological polar surface area (TPSA) is 89.0 Å². The lowest BCUT2D eigenvalue weighted by Gasteiger charge is -2.17. The average Bonchev–Trinajstić information content (AvgIpc) is 2.80. The minimum absolute atomic E-state index is 0.00668. The minimum Gasteiger partial charge on any atom is -0.496 e. The lowest BCUT2D eigenvalue weighted by Crippen LogP contribution is -2.45. The smallest absolute Gasteiger partial charge is 0.416 e. The van der Waals surface area contributed by atoms with Crippen molar-refractivity contribution in [3.05, 3.63) is 59.2 Å². The van der Waals surface area contributed by atoms with E-state index in [4.69, 9.17) is 9.47 Å². The maximum Gasteiger partial charge on any atom is 0.416 e. The number of alkyl halides is 3. The molecule has 7 nitrogen and oxygen atoms in total. The van der Waals surface area contributed by atoms with Gasteiger partial charge >= 0.3 is 6.18 Å². The van der Waals surface area contributed by atoms with Crippen molar-refractivity contribution in [1.82, 2.24) is 10.7 Å². The fraction of sp³-hybridized carbons (Fsp3) is 0.318. The van der Waals surface area contributed by atoms with Crippen LogP contribution in [0.1, 0.15) is 27.9 Å². The van der Waals surface area contributed by atoms with Crippen LogP contribution < -0.4 is 20.2 Å². The Labute approximate surface area is 193 Å². The molecule has 1 atom stereocenters. The molecule has 0 heterocycles. The Balaban J connectivity index is 2.11. The standard InChI is InChI=1S/C22H24F3N3O4S/c1-31-18-5-4-6-19(32-2)16(18)13-26-28-21(30)17(11-12-33-3)27-20(29)14-7-9-15(10-8-14)22(23,24)25/h4-10,13,17H,11-12H2,1-3H3,(H,27,29)(H,28,30)/b26-13+. The summed E-state index contributed by atoms with van der Waals surface area (Å²) in [4.78, 5) is 25.1. The van der Waals surface area contributed by atoms with Crippen LogP contribution >= 0.6 is 11.8 Å². The van der Waals surface area contributed by atoms with Gasteiger partial charge in [0, 0.05) is 5.56 Å². The number of carbonyl (C=O) groups is 2. The molecule has 0 spiro atoms. The molecule has 0 aliphatic rings. The second kappa shape index (κ2) is 12.1. The summed E-state index contributed by atoms with van der Waals surface area (Å²) in [5, 5.41) is 6.49. The van der Waals surface area contributed by atoms with Crippen LogP contribution in [0.25, 0.3) is 0 Å². The van der Waals surface area contributed by atoms with Crippen LogP contribution in [-0.2, 0) is 11.0 Å². The van der Waals surface area contributed by atoms with E-state index in [9.17, 15) is 22.8 Å². The number of hydrazone groups is 1. The van der Waals surface area contributed by atoms with Gasteiger partial charge in [-0.1, -0.05) is 6.07 Å². The third-order valence-corrected chi connectivity index (χ3v) is 5.19. The van der Waals surface area contributed by atoms with Gasteiger partial charge in [0.25, 0.3) is 11.8 Å². The third kappa shape index (κ3) is 7.41. The molecule has 2 aromatic carbocycles. The average molecular weight is 484 g/mol. The van der Waals surface area contributed by atoms with E-state index < -0.39 is 29.6 Å². The molecular weight excluding hydrogens is 459 g/mol. The number of nitrogens with one attached hydrogen (secondary N) is 2. The highest BCUT2D eigenvalue weighted by atomic mass is 32.2. The minimum atomic E-state index is -4.50. The molecule has 0 bridgehead atoms. The van der Waals surface area contributed by atoms with Crippen molar-refractivity contribution >= 4 is 29.8 Å². The summed E-state index contributed by atoms with van der Waals surface area (Å²) in [7, 11) is 2.97. The van der Waals surface area contributed by atoms with Gasteiger partial charge in [-0.05, 0) is 54.8 Å². The van der Waals surface area contributed by atoms with Gasteiger partial charge < -0.3 is 14.8 Å². The molecule has 1 unspecified atom stereocenters. The number of thioether (sulfide) groups is 1. The molecule has 2 N–H and O–H groups in total. The van der Waals surface area contributed by atoms with Crippen LogP contribution in [0.2, 0.25) is 0 Å². The summed E-state index contributed by atoms with van der Waals surface area (Å²) in [6.45, 7) is 0. The summed E-state index contributed by atoms with van der Waals surface area (Å²) in [6, 6.07) is 7.97. The molecule has 33 heavy (non-hydrogen) atoms. The van der Waals surface area contributed by atoms with Gasteiger partial charge in [0.05, 0.1) is 31.6 Å². The number of amides is 2. The molecule has 2 amide bonds. The highest BCUT2D eigenvalue weighted by Crippen LogP contribution is 2.29. The third-order valence-electron chi connectivity index (χ3n) is 4.54. The van der Waals surface area contributed by atoms with Crippen molar-refractivity contribution in [3.63, 3.8) is 0 Å². The normalized spacial score (nSPS) is 12.3. The molecule has 0 aliphatic carbocycles. The first kappa shape index (κ1) is 26.0. The number of hydrogen-bond donors (Lipinski definition) is 2. The lowest BCUT2D eigenvalue weighted by molar-refractivity contribution is -0.137. The molecule has 2 aromatic rings. The second-order valence-electron chi connectivity index (χ2n) is 6.69. The molecule has 0 aromatic heterocycles. The Morgan fingerprint density at radius 1 is 1.09 bits per heavy atom. The van der Waals surface area contributed by atoms with Crippen LogP contribution in [0.3, 0.4) is 0 Å². The number of carbonyl (C=O) groups excluding carboxylic acids is 2. The van der Waals surface area contributed by atoms with Gasteiger partial charge in [0.2, 0.25) is 0 Å². The molecule has 11 heteroatoms. The molecule has 178 valence electrons. The zero-order valence-electron chi connectivity index (χ0n) is 18.2. The monoisotopic (exact) mass is 483 g/mol. The van der Waals surface area contributed by atoms with E-state index in [1.54, 1.807) is 18.2 Å². The van der Waals surface area contributed by atoms with Crippen molar-refractivity contribution in [2.75, 3.05) is 26.2 Å². The molecule has 0 saturated carbocycles. The molecule has 0 saturated heterocycles. The first-order valence-corrected chi connectivity index (χ1v) is 11.1. The van der Waals surface area contributed by atoms with Crippen LogP contribution in [0, 0.1) is 0 Å². The number of nitrogens with zero attached hydrogens (tertiary/aromatic N) is 1. The Hall–Kier alpha value is -3.21. The van der Waals surface area contributed by atoms with E-state index >= 15 is 0 Å². The summed E-state index contributed by atoms with van der Waals surface area (Å²) in [5.74, 6) is 0.300. The SMILES string of the molecule is COc1cccc(OC)c1/C=N/NC(=O)C(CCSC)NC(=O)c1ccc(C(F)(F)F)cc1. The zero-order chi connectivity index (χ0) is 24.4. The Morgan fingerprint density at radius 3 is 2.21 bits per heavy atom. The van der Waals surface area contributed by atoms with Crippen molar-refractivity contribution in [1.29, 1.82) is 0 Å². The predicted molar refractivity (Wildman–Crippen MR) is 121 cm³/mol. The van der Waals surface area contributed by atoms with Gasteiger partial charge in [-0.15, -0.1) is 0 Å². The van der Waals surface area contributed by atoms with E-state index in [1.165, 1.54) is 32.2 Å². The number of hydrogen-bond acceptors (Lipinski definition) is 6. The van der Waals surface area contributed by atoms with E-state index in [1.807, 2.05) is 6.26 Å². The lowest BCUT2D eigenvalue weighted by atomic mass is 10.1. The van der Waals surface area contributed by atoms with Gasteiger partial charge in [0.15, 0.2) is 0 Å². The molecular formula is C22H24F3N3O4S. The maximum atomic E-state index is 12.7. The van der Waals surface area contributed by atoms with Crippen molar-refractivity contribution in [3.8, 4) is 11.5 Å². The highest BCUT2D eigenvalue weighted by Gasteiger charge is 2.30. The molecule has 0 radical (unpaired) electrons. The summed E-state index contributed by atoms with van der Waals surface area (Å²) >= 11 is 1.48. The first-order chi connectivity index (χ1) is 15.7. The Kier molecular flexibility index (Phi) is 9.58. The fourth-order valence-electron chi connectivity index (χ4n) is 2.80. The van der Waals surface area contributed by atoms with Crippen molar-refractivity contribution in [2.45, 2.75) is 18.6 Å². The van der Waals surface area contributed by atoms with Crippen molar-refractivity contribution in [2.24, 2.45) is 5.10 Å². The number of methoxy groups -OCH3 is 2. The van der Waals surface area contributed by atoms with Gasteiger partial charge in [-0.2, -0.15) is 30.0 Å². The predicted octanol–water partition coefficient (Wildman–Crippen LogP) is 3.72. The zero-order valence-corrected chi connectivity index (χ0v) is 19.0.